The van der Waals surface area contributed by atoms with Crippen molar-refractivity contribution in [2.24, 2.45) is 15.9 Å². The number of piperidine rings is 1. The van der Waals surface area contributed by atoms with Crippen LogP contribution in [0.15, 0.2) is 38.8 Å². The lowest BCUT2D eigenvalue weighted by Gasteiger charge is -2.31. The molecule has 9 nitrogen and oxygen atoms in total. The number of fused-ring (bicyclic) bond motifs is 1. The fourth-order valence-electron chi connectivity index (χ4n) is 6.27. The van der Waals surface area contributed by atoms with Crippen LogP contribution < -0.4 is 10.1 Å². The lowest BCUT2D eigenvalue weighted by atomic mass is 10.0. The van der Waals surface area contributed by atoms with Crippen LogP contribution in [-0.2, 0) is 33.5 Å². The summed E-state index contributed by atoms with van der Waals surface area (Å²) in [6.45, 7) is 9.17. The number of hydrogen-bond acceptors (Lipinski definition) is 7. The number of ether oxygens (including phenoxy) is 2. The highest BCUT2D eigenvalue weighted by molar-refractivity contribution is 7.96. The molecule has 0 radical (unpaired) electrons. The van der Waals surface area contributed by atoms with Gasteiger partial charge in [0.05, 0.1) is 6.67 Å². The van der Waals surface area contributed by atoms with Crippen molar-refractivity contribution < 1.29 is 18.8 Å². The van der Waals surface area contributed by atoms with E-state index < -0.39 is 11.2 Å². The van der Waals surface area contributed by atoms with E-state index in [0.29, 0.717) is 24.7 Å². The molecule has 41 heavy (non-hydrogen) atoms. The maximum absolute atomic E-state index is 12.9. The SMILES string of the molecule is C=NC1=C(/C(=N\CN2CCC(Oc3ccc4c(c3)CCN(C(=O)C3CC3)CC4)CC2)NC2CCOCC2)[S+]([O-])CC1. The quantitative estimate of drug-likeness (QED) is 0.288. The summed E-state index contributed by atoms with van der Waals surface area (Å²) in [6.07, 6.45) is 8.51. The van der Waals surface area contributed by atoms with Gasteiger partial charge in [0.2, 0.25) is 10.8 Å². The average Bonchev–Trinajstić information content (AvgIpc) is 3.81. The third-order valence-electron chi connectivity index (χ3n) is 8.97. The molecular weight excluding hydrogens is 538 g/mol. The molecule has 0 bridgehead atoms. The van der Waals surface area contributed by atoms with E-state index in [9.17, 15) is 9.35 Å². The molecule has 1 unspecified atom stereocenters. The fraction of sp³-hybridized carbons (Fsp3) is 0.645. The first-order chi connectivity index (χ1) is 20.1. The van der Waals surface area contributed by atoms with Gasteiger partial charge in [-0.2, -0.15) is 0 Å². The Hall–Kier alpha value is -2.40. The zero-order valence-electron chi connectivity index (χ0n) is 24.0. The monoisotopic (exact) mass is 581 g/mol. The summed E-state index contributed by atoms with van der Waals surface area (Å²) in [6, 6.07) is 6.76. The summed E-state index contributed by atoms with van der Waals surface area (Å²) in [4.78, 5) is 26.8. The van der Waals surface area contributed by atoms with Crippen LogP contribution in [0, 0.1) is 5.92 Å². The average molecular weight is 582 g/mol. The smallest absolute Gasteiger partial charge is 0.225 e. The number of nitrogens with zero attached hydrogens (tertiary/aromatic N) is 4. The number of carbonyl (C=O) groups excluding carboxylic acids is 1. The maximum atomic E-state index is 12.9. The summed E-state index contributed by atoms with van der Waals surface area (Å²) in [5, 5.41) is 3.58. The third kappa shape index (κ3) is 7.16. The van der Waals surface area contributed by atoms with Gasteiger partial charge >= 0.3 is 0 Å². The van der Waals surface area contributed by atoms with Gasteiger partial charge in [0, 0.05) is 57.8 Å². The van der Waals surface area contributed by atoms with Crippen LogP contribution in [0.25, 0.3) is 0 Å². The molecule has 10 heteroatoms. The number of benzene rings is 1. The number of allylic oxidation sites excluding steroid dienone is 1. The minimum atomic E-state index is -1.10. The third-order valence-corrected chi connectivity index (χ3v) is 10.4. The zero-order chi connectivity index (χ0) is 28.2. The molecule has 4 aliphatic heterocycles. The Bertz CT molecular complexity index is 1170. The molecule has 1 aromatic rings. The van der Waals surface area contributed by atoms with Crippen molar-refractivity contribution in [2.45, 2.75) is 69.9 Å². The topological polar surface area (TPSA) is 102 Å². The van der Waals surface area contributed by atoms with Gasteiger partial charge in [-0.25, -0.2) is 4.99 Å². The normalized spacial score (nSPS) is 25.1. The molecular formula is C31H43N5O4S. The molecule has 1 aromatic carbocycles. The summed E-state index contributed by atoms with van der Waals surface area (Å²) in [5.74, 6) is 2.87. The molecule has 4 heterocycles. The second-order valence-corrected chi connectivity index (χ2v) is 13.4. The van der Waals surface area contributed by atoms with Crippen molar-refractivity contribution in [2.75, 3.05) is 51.8 Å². The van der Waals surface area contributed by atoms with Crippen LogP contribution in [0.5, 0.6) is 5.75 Å². The molecule has 3 fully saturated rings. The number of rotatable bonds is 8. The Labute approximate surface area is 246 Å². The number of carbonyl (C=O) groups is 1. The second-order valence-electron chi connectivity index (χ2n) is 11.9. The molecule has 5 aliphatic rings. The lowest BCUT2D eigenvalue weighted by Crippen LogP contribution is -2.42. The maximum Gasteiger partial charge on any atom is 0.225 e. The number of hydrogen-bond donors (Lipinski definition) is 1. The van der Waals surface area contributed by atoms with Gasteiger partial charge in [0.25, 0.3) is 0 Å². The van der Waals surface area contributed by atoms with Crippen molar-refractivity contribution >= 4 is 29.6 Å². The minimum Gasteiger partial charge on any atom is -0.611 e. The van der Waals surface area contributed by atoms with Crippen LogP contribution in [-0.4, -0.2) is 96.8 Å². The summed E-state index contributed by atoms with van der Waals surface area (Å²) >= 11 is -1.10. The fourth-order valence-corrected chi connectivity index (χ4v) is 7.62. The predicted molar refractivity (Wildman–Crippen MR) is 162 cm³/mol. The van der Waals surface area contributed by atoms with Crippen LogP contribution >= 0.6 is 0 Å². The van der Waals surface area contributed by atoms with Crippen molar-refractivity contribution in [1.29, 1.82) is 0 Å². The van der Waals surface area contributed by atoms with Crippen LogP contribution in [0.3, 0.4) is 0 Å². The van der Waals surface area contributed by atoms with Gasteiger partial charge < -0.3 is 24.2 Å². The van der Waals surface area contributed by atoms with Crippen molar-refractivity contribution in [3.05, 3.63) is 39.9 Å². The standard InChI is InChI=1S/C31H43N5O4S/c1-32-28-12-19-41(38)29(28)30(34-25-10-17-39-18-11-25)33-21-35-13-8-26(9-14-35)40-27-5-4-22-6-15-36(16-7-24(22)20-27)31(37)23-2-3-23/h4-5,20,23,25-26H,1-3,6-19,21H2,(H,33,34). The molecule has 222 valence electrons. The van der Waals surface area contributed by atoms with Gasteiger partial charge in [-0.3, -0.25) is 14.7 Å². The molecule has 1 N–H and O–H groups in total. The molecule has 1 amide bonds. The first-order valence-corrected chi connectivity index (χ1v) is 16.7. The Morgan fingerprint density at radius 2 is 1.80 bits per heavy atom. The Morgan fingerprint density at radius 1 is 1.05 bits per heavy atom. The van der Waals surface area contributed by atoms with Gasteiger partial charge in [-0.05, 0) is 92.5 Å². The minimum absolute atomic E-state index is 0.174. The molecule has 0 spiro atoms. The van der Waals surface area contributed by atoms with Crippen LogP contribution in [0.4, 0.5) is 0 Å². The Balaban J connectivity index is 1.03. The number of aliphatic imine (C=N–C) groups is 2. The first kappa shape index (κ1) is 28.7. The van der Waals surface area contributed by atoms with Crippen LogP contribution in [0.2, 0.25) is 0 Å². The zero-order valence-corrected chi connectivity index (χ0v) is 24.8. The largest absolute Gasteiger partial charge is 0.611 e. The van der Waals surface area contributed by atoms with Gasteiger partial charge in [-0.1, -0.05) is 6.07 Å². The summed E-state index contributed by atoms with van der Waals surface area (Å²) < 4.78 is 24.8. The lowest BCUT2D eigenvalue weighted by molar-refractivity contribution is -0.132. The van der Waals surface area contributed by atoms with E-state index in [1.807, 2.05) is 0 Å². The molecule has 6 rings (SSSR count). The molecule has 1 atom stereocenters. The molecule has 2 saturated heterocycles. The van der Waals surface area contributed by atoms with E-state index in [2.05, 4.69) is 45.0 Å². The molecule has 1 aliphatic carbocycles. The van der Waals surface area contributed by atoms with E-state index in [1.165, 1.54) is 11.1 Å². The van der Waals surface area contributed by atoms with E-state index in [-0.39, 0.29) is 18.1 Å². The van der Waals surface area contributed by atoms with Gasteiger partial charge in [0.1, 0.15) is 23.3 Å². The summed E-state index contributed by atoms with van der Waals surface area (Å²) in [5.41, 5.74) is 3.46. The van der Waals surface area contributed by atoms with Crippen molar-refractivity contribution in [1.82, 2.24) is 15.1 Å². The number of nitrogens with one attached hydrogen (secondary N) is 1. The van der Waals surface area contributed by atoms with E-state index in [4.69, 9.17) is 14.5 Å². The Morgan fingerprint density at radius 3 is 2.54 bits per heavy atom. The number of amidine groups is 1. The second kappa shape index (κ2) is 13.3. The predicted octanol–water partition coefficient (Wildman–Crippen LogP) is 3.06. The van der Waals surface area contributed by atoms with E-state index in [0.717, 1.165) is 113 Å². The Kier molecular flexibility index (Phi) is 9.29. The highest BCUT2D eigenvalue weighted by Gasteiger charge is 2.35. The van der Waals surface area contributed by atoms with Crippen molar-refractivity contribution in [3.63, 3.8) is 0 Å². The van der Waals surface area contributed by atoms with Gasteiger partial charge in [0.15, 0.2) is 5.84 Å². The number of amides is 1. The van der Waals surface area contributed by atoms with E-state index >= 15 is 0 Å². The van der Waals surface area contributed by atoms with E-state index in [1.54, 1.807) is 0 Å². The highest BCUT2D eigenvalue weighted by atomic mass is 32.2. The van der Waals surface area contributed by atoms with Crippen LogP contribution in [0.1, 0.15) is 56.1 Å². The highest BCUT2D eigenvalue weighted by Crippen LogP contribution is 2.32. The summed E-state index contributed by atoms with van der Waals surface area (Å²) in [7, 11) is 0. The van der Waals surface area contributed by atoms with Gasteiger partial charge in [-0.15, -0.1) is 0 Å². The molecule has 0 aromatic heterocycles. The first-order valence-electron chi connectivity index (χ1n) is 15.3. The number of likely N-dealkylation sites (tertiary alicyclic amines) is 1. The molecule has 1 saturated carbocycles. The van der Waals surface area contributed by atoms with Crippen molar-refractivity contribution in [3.8, 4) is 5.75 Å².